The number of amides is 2. The van der Waals surface area contributed by atoms with Gasteiger partial charge in [0.2, 0.25) is 11.8 Å². The summed E-state index contributed by atoms with van der Waals surface area (Å²) in [6.07, 6.45) is 3.41. The van der Waals surface area contributed by atoms with Crippen molar-refractivity contribution in [2.24, 2.45) is 11.8 Å². The van der Waals surface area contributed by atoms with Gasteiger partial charge in [-0.25, -0.2) is 4.90 Å². The van der Waals surface area contributed by atoms with Crippen LogP contribution in [0.2, 0.25) is 0 Å². The fourth-order valence-corrected chi connectivity index (χ4v) is 3.77. The molecule has 2 bridgehead atoms. The fourth-order valence-electron chi connectivity index (χ4n) is 3.77. The molecule has 3 aliphatic heterocycles. The number of fused-ring (bicyclic) bond motifs is 5. The Morgan fingerprint density at radius 1 is 1.27 bits per heavy atom. The van der Waals surface area contributed by atoms with Crippen molar-refractivity contribution >= 4 is 23.3 Å². The molecular weight excluding hydrogens is 282 g/mol. The van der Waals surface area contributed by atoms with Crippen molar-refractivity contribution in [1.82, 2.24) is 0 Å². The summed E-state index contributed by atoms with van der Waals surface area (Å²) in [7, 11) is 0. The van der Waals surface area contributed by atoms with Gasteiger partial charge in [0.05, 0.1) is 29.2 Å². The van der Waals surface area contributed by atoms with Crippen molar-refractivity contribution in [3.63, 3.8) is 0 Å². The van der Waals surface area contributed by atoms with Gasteiger partial charge in [-0.15, -0.1) is 0 Å². The number of ketones is 1. The van der Waals surface area contributed by atoms with Gasteiger partial charge in [0.25, 0.3) is 0 Å². The van der Waals surface area contributed by atoms with Gasteiger partial charge in [-0.05, 0) is 26.0 Å². The summed E-state index contributed by atoms with van der Waals surface area (Å²) in [5.74, 6) is -1.52. The van der Waals surface area contributed by atoms with Gasteiger partial charge < -0.3 is 4.74 Å². The number of anilines is 1. The van der Waals surface area contributed by atoms with E-state index < -0.39 is 17.4 Å². The number of Topliss-reactive ketones (excluding diaryl/α,β-unsaturated/α-hetero) is 1. The van der Waals surface area contributed by atoms with Crippen LogP contribution in [0.25, 0.3) is 0 Å². The average Bonchev–Trinajstić information content (AvgIpc) is 3.08. The lowest BCUT2D eigenvalue weighted by Crippen LogP contribution is -2.38. The van der Waals surface area contributed by atoms with Gasteiger partial charge in [0.1, 0.15) is 0 Å². The minimum absolute atomic E-state index is 0.0989. The highest BCUT2D eigenvalue weighted by atomic mass is 16.5. The molecular formula is C17H15NO4. The van der Waals surface area contributed by atoms with Crippen molar-refractivity contribution in [2.45, 2.75) is 25.6 Å². The third-order valence-corrected chi connectivity index (χ3v) is 4.84. The van der Waals surface area contributed by atoms with Crippen molar-refractivity contribution in [3.05, 3.63) is 42.0 Å². The number of carbonyl (C=O) groups is 3. The molecule has 3 heterocycles. The standard InChI is InChI=1S/C17H15NO4/c1-9(19)10-4-3-5-11(8-10)18-15(20)13-12-6-7-17(2,22-12)14(13)16(18)21/h3-8,12-14H,1-2H3. The maximum atomic E-state index is 12.8. The molecule has 3 aliphatic rings. The van der Waals surface area contributed by atoms with E-state index in [0.717, 1.165) is 0 Å². The van der Waals surface area contributed by atoms with Crippen LogP contribution in [-0.2, 0) is 14.3 Å². The molecule has 0 aromatic heterocycles. The van der Waals surface area contributed by atoms with Crippen LogP contribution in [0.15, 0.2) is 36.4 Å². The van der Waals surface area contributed by atoms with Crippen molar-refractivity contribution in [3.8, 4) is 0 Å². The number of ether oxygens (including phenoxy) is 1. The molecule has 1 aromatic rings. The first-order valence-corrected chi connectivity index (χ1v) is 7.28. The molecule has 2 saturated heterocycles. The SMILES string of the molecule is CC(=O)c1cccc(N2C(=O)C3C4C=CC(C)(O4)C3C2=O)c1. The number of hydrogen-bond acceptors (Lipinski definition) is 4. The van der Waals surface area contributed by atoms with Crippen LogP contribution < -0.4 is 4.90 Å². The fraction of sp³-hybridized carbons (Fsp3) is 0.353. The largest absolute Gasteiger partial charge is 0.362 e. The number of benzene rings is 1. The lowest BCUT2D eigenvalue weighted by Gasteiger charge is -2.24. The molecule has 4 atom stereocenters. The van der Waals surface area contributed by atoms with Crippen LogP contribution in [0.5, 0.6) is 0 Å². The lowest BCUT2D eigenvalue weighted by atomic mass is 9.78. The molecule has 4 rings (SSSR count). The van der Waals surface area contributed by atoms with Crippen molar-refractivity contribution in [2.75, 3.05) is 4.90 Å². The molecule has 2 fully saturated rings. The van der Waals surface area contributed by atoms with Gasteiger partial charge in [-0.1, -0.05) is 24.3 Å². The number of rotatable bonds is 2. The second kappa shape index (κ2) is 4.14. The van der Waals surface area contributed by atoms with E-state index in [1.54, 1.807) is 24.3 Å². The monoisotopic (exact) mass is 297 g/mol. The van der Waals surface area contributed by atoms with Crippen LogP contribution in [0, 0.1) is 11.8 Å². The average molecular weight is 297 g/mol. The molecule has 0 spiro atoms. The van der Waals surface area contributed by atoms with E-state index in [0.29, 0.717) is 11.3 Å². The number of imide groups is 1. The van der Waals surface area contributed by atoms with Crippen LogP contribution in [0.1, 0.15) is 24.2 Å². The summed E-state index contributed by atoms with van der Waals surface area (Å²) in [4.78, 5) is 38.2. The summed E-state index contributed by atoms with van der Waals surface area (Å²) in [6, 6.07) is 6.64. The number of carbonyl (C=O) groups excluding carboxylic acids is 3. The Kier molecular flexibility index (Phi) is 2.52. The third kappa shape index (κ3) is 1.54. The first-order valence-electron chi connectivity index (χ1n) is 7.28. The van der Waals surface area contributed by atoms with E-state index in [9.17, 15) is 14.4 Å². The van der Waals surface area contributed by atoms with Gasteiger partial charge in [-0.2, -0.15) is 0 Å². The van der Waals surface area contributed by atoms with Crippen LogP contribution in [0.4, 0.5) is 5.69 Å². The van der Waals surface area contributed by atoms with E-state index in [1.165, 1.54) is 11.8 Å². The molecule has 4 unspecified atom stereocenters. The Morgan fingerprint density at radius 2 is 2.05 bits per heavy atom. The highest BCUT2D eigenvalue weighted by Gasteiger charge is 2.66. The van der Waals surface area contributed by atoms with Gasteiger partial charge in [-0.3, -0.25) is 14.4 Å². The Morgan fingerprint density at radius 3 is 2.73 bits per heavy atom. The summed E-state index contributed by atoms with van der Waals surface area (Å²) in [6.45, 7) is 3.30. The zero-order chi connectivity index (χ0) is 15.6. The maximum absolute atomic E-state index is 12.8. The quantitative estimate of drug-likeness (QED) is 0.474. The Hall–Kier alpha value is -2.27. The molecule has 22 heavy (non-hydrogen) atoms. The molecule has 112 valence electrons. The highest BCUT2D eigenvalue weighted by Crippen LogP contribution is 2.52. The summed E-state index contributed by atoms with van der Waals surface area (Å²) >= 11 is 0. The maximum Gasteiger partial charge on any atom is 0.241 e. The van der Waals surface area contributed by atoms with E-state index >= 15 is 0 Å². The second-order valence-electron chi connectivity index (χ2n) is 6.25. The van der Waals surface area contributed by atoms with Crippen LogP contribution >= 0.6 is 0 Å². The van der Waals surface area contributed by atoms with E-state index in [1.807, 2.05) is 19.1 Å². The molecule has 0 N–H and O–H groups in total. The summed E-state index contributed by atoms with van der Waals surface area (Å²) < 4.78 is 5.78. The normalized spacial score (nSPS) is 35.4. The van der Waals surface area contributed by atoms with E-state index in [-0.39, 0.29) is 23.7 Å². The zero-order valence-corrected chi connectivity index (χ0v) is 12.3. The van der Waals surface area contributed by atoms with Gasteiger partial charge in [0.15, 0.2) is 5.78 Å². The molecule has 0 aliphatic carbocycles. The van der Waals surface area contributed by atoms with Crippen molar-refractivity contribution in [1.29, 1.82) is 0 Å². The Labute approximate surface area is 127 Å². The molecule has 0 radical (unpaired) electrons. The van der Waals surface area contributed by atoms with Crippen LogP contribution in [0.3, 0.4) is 0 Å². The predicted octanol–water partition coefficient (Wildman–Crippen LogP) is 1.72. The molecule has 1 aromatic carbocycles. The third-order valence-electron chi connectivity index (χ3n) is 4.84. The van der Waals surface area contributed by atoms with Gasteiger partial charge >= 0.3 is 0 Å². The summed E-state index contributed by atoms with van der Waals surface area (Å²) in [5, 5.41) is 0. The van der Waals surface area contributed by atoms with E-state index in [2.05, 4.69) is 0 Å². The first-order chi connectivity index (χ1) is 10.4. The molecule has 5 heteroatoms. The Bertz CT molecular complexity index is 753. The topological polar surface area (TPSA) is 63.7 Å². The first kappa shape index (κ1) is 13.4. The minimum atomic E-state index is -0.699. The zero-order valence-electron chi connectivity index (χ0n) is 12.3. The highest BCUT2D eigenvalue weighted by molar-refractivity contribution is 6.23. The van der Waals surface area contributed by atoms with Crippen LogP contribution in [-0.4, -0.2) is 29.3 Å². The Balaban J connectivity index is 1.77. The van der Waals surface area contributed by atoms with E-state index in [4.69, 9.17) is 4.74 Å². The van der Waals surface area contributed by atoms with Crippen molar-refractivity contribution < 1.29 is 19.1 Å². The molecule has 5 nitrogen and oxygen atoms in total. The second-order valence-corrected chi connectivity index (χ2v) is 6.25. The number of nitrogens with zero attached hydrogens (tertiary/aromatic N) is 1. The molecule has 0 saturated carbocycles. The number of hydrogen-bond donors (Lipinski definition) is 0. The molecule has 2 amide bonds. The minimum Gasteiger partial charge on any atom is -0.362 e. The predicted molar refractivity (Wildman–Crippen MR) is 78.3 cm³/mol. The lowest BCUT2D eigenvalue weighted by molar-refractivity contribution is -0.126. The smallest absolute Gasteiger partial charge is 0.241 e. The van der Waals surface area contributed by atoms with Gasteiger partial charge in [0, 0.05) is 5.56 Å². The summed E-state index contributed by atoms with van der Waals surface area (Å²) in [5.41, 5.74) is 0.244.